The van der Waals surface area contributed by atoms with Crippen LogP contribution >= 0.6 is 12.4 Å². The van der Waals surface area contributed by atoms with E-state index in [1.165, 1.54) is 10.9 Å². The second kappa shape index (κ2) is 11.9. The number of aromatic nitrogens is 1. The molecular weight excluding hydrogens is 464 g/mol. The van der Waals surface area contributed by atoms with Crippen LogP contribution < -0.4 is 24.3 Å². The molecule has 0 radical (unpaired) electrons. The molecule has 6 nitrogen and oxygen atoms in total. The van der Waals surface area contributed by atoms with Gasteiger partial charge in [-0.15, -0.1) is 12.4 Å². The Hall–Kier alpha value is -3.35. The number of hydrogen-bond donors (Lipinski definition) is 2. The van der Waals surface area contributed by atoms with Crippen LogP contribution in [0.4, 0.5) is 0 Å². The predicted octanol–water partition coefficient (Wildman–Crippen LogP) is 5.54. The van der Waals surface area contributed by atoms with E-state index in [-0.39, 0.29) is 18.5 Å². The maximum absolute atomic E-state index is 6.07. The number of halogens is 1. The number of ether oxygens (including phenoxy) is 4. The summed E-state index contributed by atoms with van der Waals surface area (Å²) < 4.78 is 23.2. The molecule has 0 spiro atoms. The minimum Gasteiger partial charge on any atom is -0.497 e. The van der Waals surface area contributed by atoms with Crippen LogP contribution in [0.5, 0.6) is 23.0 Å². The SMILES string of the molecule is COc1ccc2c(c1)OC(CNCCCc1c[nH]c3ccc(OCc4ccccc4)cc13)CO2.Cl. The molecule has 1 unspecified atom stereocenters. The van der Waals surface area contributed by atoms with E-state index < -0.39 is 0 Å². The molecule has 0 saturated carbocycles. The largest absolute Gasteiger partial charge is 0.497 e. The van der Waals surface area contributed by atoms with Crippen molar-refractivity contribution in [2.75, 3.05) is 26.8 Å². The minimum absolute atomic E-state index is 0. The molecular formula is C28H31ClN2O4. The predicted molar refractivity (Wildman–Crippen MR) is 140 cm³/mol. The van der Waals surface area contributed by atoms with Gasteiger partial charge in [0.05, 0.1) is 7.11 Å². The maximum atomic E-state index is 6.07. The third-order valence-electron chi connectivity index (χ3n) is 6.03. The van der Waals surface area contributed by atoms with Gasteiger partial charge >= 0.3 is 0 Å². The summed E-state index contributed by atoms with van der Waals surface area (Å²) in [6.07, 6.45) is 4.10. The Bertz CT molecular complexity index is 1230. The molecule has 3 aromatic carbocycles. The number of methoxy groups -OCH3 is 1. The molecule has 1 aromatic heterocycles. The molecule has 5 rings (SSSR count). The molecule has 2 N–H and O–H groups in total. The van der Waals surface area contributed by atoms with E-state index in [9.17, 15) is 0 Å². The van der Waals surface area contributed by atoms with E-state index in [1.54, 1.807) is 7.11 Å². The fourth-order valence-electron chi connectivity index (χ4n) is 4.19. The molecule has 1 atom stereocenters. The Morgan fingerprint density at radius 1 is 1.00 bits per heavy atom. The lowest BCUT2D eigenvalue weighted by Gasteiger charge is -2.27. The zero-order valence-corrected chi connectivity index (χ0v) is 20.6. The van der Waals surface area contributed by atoms with Gasteiger partial charge in [0.1, 0.15) is 30.8 Å². The summed E-state index contributed by atoms with van der Waals surface area (Å²) in [5.41, 5.74) is 3.61. The summed E-state index contributed by atoms with van der Waals surface area (Å²) in [4.78, 5) is 3.38. The number of nitrogens with one attached hydrogen (secondary N) is 2. The minimum atomic E-state index is -0.0167. The highest BCUT2D eigenvalue weighted by Gasteiger charge is 2.21. The van der Waals surface area contributed by atoms with E-state index >= 15 is 0 Å². The first-order chi connectivity index (χ1) is 16.8. The Kier molecular flexibility index (Phi) is 8.40. The van der Waals surface area contributed by atoms with Crippen LogP contribution in [0.3, 0.4) is 0 Å². The first-order valence-corrected chi connectivity index (χ1v) is 11.7. The zero-order chi connectivity index (χ0) is 23.2. The number of aromatic amines is 1. The van der Waals surface area contributed by atoms with Gasteiger partial charge < -0.3 is 29.2 Å². The lowest BCUT2D eigenvalue weighted by atomic mass is 10.1. The second-order valence-electron chi connectivity index (χ2n) is 8.47. The highest BCUT2D eigenvalue weighted by atomic mass is 35.5. The van der Waals surface area contributed by atoms with Crippen molar-refractivity contribution in [2.45, 2.75) is 25.6 Å². The normalized spacial score (nSPS) is 14.4. The van der Waals surface area contributed by atoms with Crippen molar-refractivity contribution in [3.8, 4) is 23.0 Å². The van der Waals surface area contributed by atoms with E-state index in [2.05, 4.69) is 40.8 Å². The van der Waals surface area contributed by atoms with Gasteiger partial charge in [-0.2, -0.15) is 0 Å². The Morgan fingerprint density at radius 3 is 2.71 bits per heavy atom. The Labute approximate surface area is 212 Å². The van der Waals surface area contributed by atoms with Crippen molar-refractivity contribution in [3.63, 3.8) is 0 Å². The molecule has 184 valence electrons. The summed E-state index contributed by atoms with van der Waals surface area (Å²) in [6, 6.07) is 22.1. The summed E-state index contributed by atoms with van der Waals surface area (Å²) >= 11 is 0. The molecule has 2 heterocycles. The van der Waals surface area contributed by atoms with Gasteiger partial charge in [0.2, 0.25) is 0 Å². The lowest BCUT2D eigenvalue weighted by molar-refractivity contribution is 0.0901. The van der Waals surface area contributed by atoms with E-state index in [0.29, 0.717) is 13.2 Å². The van der Waals surface area contributed by atoms with Gasteiger partial charge in [-0.25, -0.2) is 0 Å². The third-order valence-corrected chi connectivity index (χ3v) is 6.03. The molecule has 35 heavy (non-hydrogen) atoms. The molecule has 7 heteroatoms. The van der Waals surface area contributed by atoms with Gasteiger partial charge in [-0.3, -0.25) is 0 Å². The highest BCUT2D eigenvalue weighted by Crippen LogP contribution is 2.34. The van der Waals surface area contributed by atoms with Gasteiger partial charge in [0, 0.05) is 29.7 Å². The van der Waals surface area contributed by atoms with Gasteiger partial charge in [-0.1, -0.05) is 30.3 Å². The van der Waals surface area contributed by atoms with Crippen molar-refractivity contribution in [2.24, 2.45) is 0 Å². The highest BCUT2D eigenvalue weighted by molar-refractivity contribution is 5.85. The van der Waals surface area contributed by atoms with Crippen LogP contribution in [0, 0.1) is 0 Å². The monoisotopic (exact) mass is 494 g/mol. The van der Waals surface area contributed by atoms with E-state index in [0.717, 1.165) is 60.0 Å². The van der Waals surface area contributed by atoms with Crippen LogP contribution in [0.25, 0.3) is 10.9 Å². The molecule has 0 fully saturated rings. The maximum Gasteiger partial charge on any atom is 0.165 e. The van der Waals surface area contributed by atoms with E-state index in [4.69, 9.17) is 18.9 Å². The number of fused-ring (bicyclic) bond motifs is 2. The third kappa shape index (κ3) is 6.21. The van der Waals surface area contributed by atoms with Crippen LogP contribution in [0.15, 0.2) is 72.9 Å². The molecule has 0 bridgehead atoms. The zero-order valence-electron chi connectivity index (χ0n) is 19.8. The average molecular weight is 495 g/mol. The second-order valence-corrected chi connectivity index (χ2v) is 8.47. The van der Waals surface area contributed by atoms with Crippen LogP contribution in [0.1, 0.15) is 17.5 Å². The van der Waals surface area contributed by atoms with Crippen LogP contribution in [-0.4, -0.2) is 37.9 Å². The Morgan fingerprint density at radius 2 is 1.86 bits per heavy atom. The smallest absolute Gasteiger partial charge is 0.165 e. The number of benzene rings is 3. The summed E-state index contributed by atoms with van der Waals surface area (Å²) in [7, 11) is 1.65. The molecule has 0 amide bonds. The van der Waals surface area contributed by atoms with Crippen molar-refractivity contribution < 1.29 is 18.9 Å². The number of hydrogen-bond acceptors (Lipinski definition) is 5. The fourth-order valence-corrected chi connectivity index (χ4v) is 4.19. The topological polar surface area (TPSA) is 64.7 Å². The number of aryl methyl sites for hydroxylation is 1. The first-order valence-electron chi connectivity index (χ1n) is 11.7. The summed E-state index contributed by atoms with van der Waals surface area (Å²) in [5.74, 6) is 3.16. The summed E-state index contributed by atoms with van der Waals surface area (Å²) in [5, 5.41) is 4.73. The van der Waals surface area contributed by atoms with Crippen LogP contribution in [-0.2, 0) is 13.0 Å². The van der Waals surface area contributed by atoms with Gasteiger partial charge in [-0.05, 0) is 60.8 Å². The van der Waals surface area contributed by atoms with Crippen molar-refractivity contribution >= 4 is 23.3 Å². The summed E-state index contributed by atoms with van der Waals surface area (Å²) in [6.45, 7) is 2.75. The van der Waals surface area contributed by atoms with Crippen LogP contribution in [0.2, 0.25) is 0 Å². The first kappa shape index (κ1) is 24.8. The molecule has 0 aliphatic carbocycles. The van der Waals surface area contributed by atoms with E-state index in [1.807, 2.05) is 42.5 Å². The molecule has 4 aromatic rings. The van der Waals surface area contributed by atoms with Crippen molar-refractivity contribution in [1.29, 1.82) is 0 Å². The molecule has 1 aliphatic heterocycles. The van der Waals surface area contributed by atoms with Crippen molar-refractivity contribution in [1.82, 2.24) is 10.3 Å². The lowest BCUT2D eigenvalue weighted by Crippen LogP contribution is -2.38. The standard InChI is InChI=1S/C28H30N2O4.ClH/c1-31-22-10-12-27-28(15-22)34-24(19-33-27)17-29-13-5-8-21-16-30-26-11-9-23(14-25(21)26)32-18-20-6-3-2-4-7-20;/h2-4,6-7,9-12,14-16,24,29-30H,5,8,13,17-19H2,1H3;1H. The van der Waals surface area contributed by atoms with Crippen molar-refractivity contribution in [3.05, 3.63) is 84.1 Å². The fraction of sp³-hybridized carbons (Fsp3) is 0.286. The van der Waals surface area contributed by atoms with Gasteiger partial charge in [0.25, 0.3) is 0 Å². The number of rotatable bonds is 10. The number of H-pyrrole nitrogens is 1. The Balaban J connectivity index is 0.00000289. The quantitative estimate of drug-likeness (QED) is 0.283. The molecule has 1 aliphatic rings. The van der Waals surface area contributed by atoms with Gasteiger partial charge in [0.15, 0.2) is 11.5 Å². The molecule has 0 saturated heterocycles. The average Bonchev–Trinajstić information content (AvgIpc) is 3.29.